The van der Waals surface area contributed by atoms with Crippen molar-refractivity contribution in [2.24, 2.45) is 11.7 Å². The zero-order valence-electron chi connectivity index (χ0n) is 11.1. The maximum absolute atomic E-state index is 11.6. The molecule has 0 saturated heterocycles. The Morgan fingerprint density at radius 3 is 2.72 bits per heavy atom. The van der Waals surface area contributed by atoms with Crippen LogP contribution in [0.5, 0.6) is 0 Å². The van der Waals surface area contributed by atoms with Crippen molar-refractivity contribution < 1.29 is 9.53 Å². The quantitative estimate of drug-likeness (QED) is 0.815. The lowest BCUT2D eigenvalue weighted by Crippen LogP contribution is -2.18. The fourth-order valence-corrected chi connectivity index (χ4v) is 1.65. The summed E-state index contributed by atoms with van der Waals surface area (Å²) in [7, 11) is 0. The van der Waals surface area contributed by atoms with Gasteiger partial charge in [-0.3, -0.25) is 5.32 Å². The van der Waals surface area contributed by atoms with E-state index < -0.39 is 6.09 Å². The van der Waals surface area contributed by atoms with Gasteiger partial charge in [0.1, 0.15) is 0 Å². The monoisotopic (exact) mass is 250 g/mol. The van der Waals surface area contributed by atoms with E-state index in [1.807, 2.05) is 24.3 Å². The molecule has 100 valence electrons. The van der Waals surface area contributed by atoms with Gasteiger partial charge in [-0.25, -0.2) is 4.79 Å². The SMILES string of the molecule is CCC(CC)COC(=O)Nc1cccc(CN)c1. The van der Waals surface area contributed by atoms with Crippen LogP contribution >= 0.6 is 0 Å². The summed E-state index contributed by atoms with van der Waals surface area (Å²) in [6.45, 7) is 5.12. The average molecular weight is 250 g/mol. The van der Waals surface area contributed by atoms with Gasteiger partial charge in [-0.05, 0) is 23.6 Å². The van der Waals surface area contributed by atoms with E-state index in [0.29, 0.717) is 24.8 Å². The topological polar surface area (TPSA) is 64.3 Å². The second-order valence-corrected chi connectivity index (χ2v) is 4.31. The lowest BCUT2D eigenvalue weighted by Gasteiger charge is -2.13. The maximum atomic E-state index is 11.6. The van der Waals surface area contributed by atoms with Crippen molar-refractivity contribution in [3.05, 3.63) is 29.8 Å². The Balaban J connectivity index is 2.44. The molecule has 1 aromatic rings. The van der Waals surface area contributed by atoms with E-state index in [1.165, 1.54) is 0 Å². The Morgan fingerprint density at radius 1 is 1.39 bits per heavy atom. The van der Waals surface area contributed by atoms with E-state index in [1.54, 1.807) is 0 Å². The van der Waals surface area contributed by atoms with E-state index in [9.17, 15) is 4.79 Å². The molecule has 0 spiro atoms. The lowest BCUT2D eigenvalue weighted by atomic mass is 10.1. The van der Waals surface area contributed by atoms with Crippen LogP contribution in [0.3, 0.4) is 0 Å². The van der Waals surface area contributed by atoms with E-state index in [-0.39, 0.29) is 0 Å². The summed E-state index contributed by atoms with van der Waals surface area (Å²) in [5.74, 6) is 0.436. The first-order valence-corrected chi connectivity index (χ1v) is 6.42. The van der Waals surface area contributed by atoms with E-state index >= 15 is 0 Å². The molecule has 0 bridgehead atoms. The first kappa shape index (κ1) is 14.5. The summed E-state index contributed by atoms with van der Waals surface area (Å²) in [4.78, 5) is 11.6. The molecule has 0 heterocycles. The number of carbonyl (C=O) groups is 1. The van der Waals surface area contributed by atoms with Gasteiger partial charge in [0.15, 0.2) is 0 Å². The number of carbonyl (C=O) groups excluding carboxylic acids is 1. The van der Waals surface area contributed by atoms with E-state index in [0.717, 1.165) is 18.4 Å². The fourth-order valence-electron chi connectivity index (χ4n) is 1.65. The van der Waals surface area contributed by atoms with Crippen LogP contribution < -0.4 is 11.1 Å². The van der Waals surface area contributed by atoms with Gasteiger partial charge in [-0.1, -0.05) is 38.8 Å². The van der Waals surface area contributed by atoms with Gasteiger partial charge >= 0.3 is 6.09 Å². The van der Waals surface area contributed by atoms with Crippen LogP contribution in [-0.4, -0.2) is 12.7 Å². The van der Waals surface area contributed by atoms with Crippen LogP contribution in [0, 0.1) is 5.92 Å². The van der Waals surface area contributed by atoms with Crippen molar-refractivity contribution in [1.29, 1.82) is 0 Å². The third-order valence-corrected chi connectivity index (χ3v) is 3.01. The average Bonchev–Trinajstić information content (AvgIpc) is 2.40. The van der Waals surface area contributed by atoms with Gasteiger partial charge in [0.2, 0.25) is 0 Å². The van der Waals surface area contributed by atoms with Crippen molar-refractivity contribution in [3.8, 4) is 0 Å². The predicted octanol–water partition coefficient (Wildman–Crippen LogP) is 3.13. The van der Waals surface area contributed by atoms with Crippen molar-refractivity contribution in [3.63, 3.8) is 0 Å². The molecule has 0 aliphatic heterocycles. The van der Waals surface area contributed by atoms with Crippen molar-refractivity contribution >= 4 is 11.8 Å². The smallest absolute Gasteiger partial charge is 0.411 e. The molecular weight excluding hydrogens is 228 g/mol. The highest BCUT2D eigenvalue weighted by Gasteiger charge is 2.08. The molecular formula is C14H22N2O2. The minimum absolute atomic E-state index is 0.406. The number of rotatable bonds is 6. The first-order valence-electron chi connectivity index (χ1n) is 6.42. The third kappa shape index (κ3) is 4.75. The summed E-state index contributed by atoms with van der Waals surface area (Å²) in [5.41, 5.74) is 7.23. The van der Waals surface area contributed by atoms with Crippen LogP contribution in [0.4, 0.5) is 10.5 Å². The maximum Gasteiger partial charge on any atom is 0.411 e. The van der Waals surface area contributed by atoms with Crippen molar-refractivity contribution in [1.82, 2.24) is 0 Å². The Morgan fingerprint density at radius 2 is 2.11 bits per heavy atom. The molecule has 1 rings (SSSR count). The molecule has 0 atom stereocenters. The molecule has 3 N–H and O–H groups in total. The number of anilines is 1. The number of nitrogens with two attached hydrogens (primary N) is 1. The molecule has 0 fully saturated rings. The molecule has 0 aromatic heterocycles. The molecule has 0 unspecified atom stereocenters. The Kier molecular flexibility index (Phi) is 6.22. The third-order valence-electron chi connectivity index (χ3n) is 3.01. The number of benzene rings is 1. The Labute approximate surface area is 109 Å². The lowest BCUT2D eigenvalue weighted by molar-refractivity contribution is 0.138. The van der Waals surface area contributed by atoms with Crippen LogP contribution in [0.15, 0.2) is 24.3 Å². The number of amides is 1. The van der Waals surface area contributed by atoms with E-state index in [4.69, 9.17) is 10.5 Å². The Hall–Kier alpha value is -1.55. The zero-order valence-corrected chi connectivity index (χ0v) is 11.1. The second-order valence-electron chi connectivity index (χ2n) is 4.31. The molecule has 1 amide bonds. The van der Waals surface area contributed by atoms with Crippen LogP contribution in [0.2, 0.25) is 0 Å². The summed E-state index contributed by atoms with van der Waals surface area (Å²) >= 11 is 0. The normalized spacial score (nSPS) is 10.4. The molecule has 0 aliphatic carbocycles. The number of ether oxygens (including phenoxy) is 1. The van der Waals surface area contributed by atoms with Crippen molar-refractivity contribution in [2.45, 2.75) is 33.2 Å². The highest BCUT2D eigenvalue weighted by molar-refractivity contribution is 5.84. The number of nitrogens with one attached hydrogen (secondary N) is 1. The number of hydrogen-bond donors (Lipinski definition) is 2. The molecule has 0 radical (unpaired) electrons. The van der Waals surface area contributed by atoms with Gasteiger partial charge in [-0.2, -0.15) is 0 Å². The van der Waals surface area contributed by atoms with Gasteiger partial charge in [0.05, 0.1) is 6.61 Å². The highest BCUT2D eigenvalue weighted by atomic mass is 16.5. The second kappa shape index (κ2) is 7.71. The summed E-state index contributed by atoms with van der Waals surface area (Å²) < 4.78 is 5.18. The van der Waals surface area contributed by atoms with E-state index in [2.05, 4.69) is 19.2 Å². The predicted molar refractivity (Wildman–Crippen MR) is 73.4 cm³/mol. The largest absolute Gasteiger partial charge is 0.449 e. The highest BCUT2D eigenvalue weighted by Crippen LogP contribution is 2.12. The number of hydrogen-bond acceptors (Lipinski definition) is 3. The molecule has 4 nitrogen and oxygen atoms in total. The zero-order chi connectivity index (χ0) is 13.4. The molecule has 0 aliphatic rings. The minimum atomic E-state index is -0.406. The van der Waals surface area contributed by atoms with Crippen molar-refractivity contribution in [2.75, 3.05) is 11.9 Å². The summed E-state index contributed by atoms with van der Waals surface area (Å²) in [6.07, 6.45) is 1.63. The molecule has 1 aromatic carbocycles. The van der Waals surface area contributed by atoms with Gasteiger partial charge in [0.25, 0.3) is 0 Å². The minimum Gasteiger partial charge on any atom is -0.449 e. The molecule has 18 heavy (non-hydrogen) atoms. The van der Waals surface area contributed by atoms with Gasteiger partial charge < -0.3 is 10.5 Å². The van der Waals surface area contributed by atoms with Crippen LogP contribution in [0.1, 0.15) is 32.3 Å². The van der Waals surface area contributed by atoms with Gasteiger partial charge in [0, 0.05) is 12.2 Å². The van der Waals surface area contributed by atoms with Crippen LogP contribution in [0.25, 0.3) is 0 Å². The first-order chi connectivity index (χ1) is 8.69. The fraction of sp³-hybridized carbons (Fsp3) is 0.500. The summed E-state index contributed by atoms with van der Waals surface area (Å²) in [5, 5.41) is 2.70. The standard InChI is InChI=1S/C14H22N2O2/c1-3-11(4-2)10-18-14(17)16-13-7-5-6-12(8-13)9-15/h5-8,11H,3-4,9-10,15H2,1-2H3,(H,16,17). The molecule has 0 saturated carbocycles. The van der Waals surface area contributed by atoms with Gasteiger partial charge in [-0.15, -0.1) is 0 Å². The molecule has 4 heteroatoms. The van der Waals surface area contributed by atoms with Crippen LogP contribution in [-0.2, 0) is 11.3 Å². The summed E-state index contributed by atoms with van der Waals surface area (Å²) in [6, 6.07) is 7.44. The Bertz CT molecular complexity index is 376.